The first-order valence-electron chi connectivity index (χ1n) is 6.99. The highest BCUT2D eigenvalue weighted by molar-refractivity contribution is 6.30. The molecule has 0 aliphatic rings. The van der Waals surface area contributed by atoms with Gasteiger partial charge in [-0.05, 0) is 31.0 Å². The molecular weight excluding hydrogens is 386 g/mol. The molecule has 1 heterocycles. The summed E-state index contributed by atoms with van der Waals surface area (Å²) in [6.07, 6.45) is -4.80. The van der Waals surface area contributed by atoms with Crippen LogP contribution in [-0.4, -0.2) is 36.1 Å². The Kier molecular flexibility index (Phi) is 9.17. The van der Waals surface area contributed by atoms with Crippen molar-refractivity contribution in [3.63, 3.8) is 0 Å². The zero-order valence-corrected chi connectivity index (χ0v) is 15.0. The molecule has 1 aromatic heterocycles. The Morgan fingerprint density at radius 2 is 2.04 bits per heavy atom. The van der Waals surface area contributed by atoms with Crippen molar-refractivity contribution < 1.29 is 27.5 Å². The fourth-order valence-corrected chi connectivity index (χ4v) is 2.26. The van der Waals surface area contributed by atoms with Crippen LogP contribution in [0.4, 0.5) is 13.2 Å². The molecule has 0 fully saturated rings. The average Bonchev–Trinajstić information content (AvgIpc) is 2.48. The molecule has 1 atom stereocenters. The number of nitrogens with one attached hydrogen (secondary N) is 1. The van der Waals surface area contributed by atoms with Crippen LogP contribution in [0.1, 0.15) is 23.7 Å². The first kappa shape index (κ1) is 23.4. The van der Waals surface area contributed by atoms with E-state index in [0.29, 0.717) is 0 Å². The number of carbonyl (C=O) groups excluding carboxylic acids is 2. The van der Waals surface area contributed by atoms with Gasteiger partial charge in [-0.15, -0.1) is 12.4 Å². The third-order valence-electron chi connectivity index (χ3n) is 3.09. The molecular formula is C14H18Cl2F3N3O3. The predicted octanol–water partition coefficient (Wildman–Crippen LogP) is 2.03. The minimum atomic E-state index is -4.64. The highest BCUT2D eigenvalue weighted by Crippen LogP contribution is 2.31. The van der Waals surface area contributed by atoms with E-state index in [-0.39, 0.29) is 43.1 Å². The number of esters is 1. The molecule has 11 heteroatoms. The molecule has 1 unspecified atom stereocenters. The molecule has 142 valence electrons. The van der Waals surface area contributed by atoms with Gasteiger partial charge in [0.15, 0.2) is 0 Å². The zero-order chi connectivity index (χ0) is 18.5. The van der Waals surface area contributed by atoms with E-state index in [9.17, 15) is 22.8 Å². The van der Waals surface area contributed by atoms with E-state index in [2.05, 4.69) is 10.3 Å². The van der Waals surface area contributed by atoms with Gasteiger partial charge in [0.25, 0.3) is 0 Å². The Balaban J connectivity index is 0.00000576. The monoisotopic (exact) mass is 403 g/mol. The number of hydrogen-bond donors (Lipinski definition) is 2. The number of alkyl halides is 3. The minimum Gasteiger partial charge on any atom is -0.464 e. The normalized spacial score (nSPS) is 12.1. The van der Waals surface area contributed by atoms with Crippen LogP contribution in [0, 0.1) is 6.92 Å². The summed E-state index contributed by atoms with van der Waals surface area (Å²) in [6, 6.07) is -0.301. The Labute approximate surface area is 153 Å². The summed E-state index contributed by atoms with van der Waals surface area (Å²) in [5.74, 6) is -1.35. The number of nitrogens with two attached hydrogens (primary N) is 1. The van der Waals surface area contributed by atoms with Crippen molar-refractivity contribution in [1.82, 2.24) is 10.3 Å². The lowest BCUT2D eigenvalue weighted by molar-refractivity contribution is -0.147. The van der Waals surface area contributed by atoms with Crippen molar-refractivity contribution in [2.75, 3.05) is 13.2 Å². The standard InChI is InChI=1S/C14H17ClF3N3O3.ClH/c1-3-24-13(23)9(20-11(22)6-19)5-8-7(2)4-10(14(16,17)18)21-12(8)15;/h4,9H,3,5-6,19H2,1-2H3,(H,20,22);1H. The second-order valence-corrected chi connectivity index (χ2v) is 5.23. The molecule has 1 aromatic rings. The second-order valence-electron chi connectivity index (χ2n) is 4.87. The van der Waals surface area contributed by atoms with Crippen LogP contribution in [-0.2, 0) is 26.9 Å². The molecule has 0 bridgehead atoms. The Bertz CT molecular complexity index is 604. The third kappa shape index (κ3) is 6.68. The van der Waals surface area contributed by atoms with Crippen molar-refractivity contribution >= 4 is 35.9 Å². The minimum absolute atomic E-state index is 0. The van der Waals surface area contributed by atoms with Crippen molar-refractivity contribution in [2.45, 2.75) is 32.5 Å². The molecule has 0 radical (unpaired) electrons. The van der Waals surface area contributed by atoms with Gasteiger partial charge in [0.05, 0.1) is 13.2 Å². The van der Waals surface area contributed by atoms with Gasteiger partial charge in [-0.25, -0.2) is 9.78 Å². The van der Waals surface area contributed by atoms with Gasteiger partial charge >= 0.3 is 12.1 Å². The summed E-state index contributed by atoms with van der Waals surface area (Å²) in [7, 11) is 0. The highest BCUT2D eigenvalue weighted by atomic mass is 35.5. The van der Waals surface area contributed by atoms with E-state index in [4.69, 9.17) is 22.1 Å². The van der Waals surface area contributed by atoms with Gasteiger partial charge in [0.2, 0.25) is 5.91 Å². The summed E-state index contributed by atoms with van der Waals surface area (Å²) in [5, 5.41) is 1.96. The van der Waals surface area contributed by atoms with Crippen LogP contribution in [0.5, 0.6) is 0 Å². The number of carbonyl (C=O) groups is 2. The Hall–Kier alpha value is -1.58. The Morgan fingerprint density at radius 3 is 2.48 bits per heavy atom. The van der Waals surface area contributed by atoms with Crippen LogP contribution >= 0.6 is 24.0 Å². The van der Waals surface area contributed by atoms with E-state index in [0.717, 1.165) is 6.07 Å². The maximum Gasteiger partial charge on any atom is 0.433 e. The van der Waals surface area contributed by atoms with Crippen LogP contribution in [0.2, 0.25) is 5.15 Å². The molecule has 6 nitrogen and oxygen atoms in total. The van der Waals surface area contributed by atoms with E-state index >= 15 is 0 Å². The highest BCUT2D eigenvalue weighted by Gasteiger charge is 2.34. The van der Waals surface area contributed by atoms with E-state index in [1.807, 2.05) is 0 Å². The Morgan fingerprint density at radius 1 is 1.44 bits per heavy atom. The molecule has 25 heavy (non-hydrogen) atoms. The van der Waals surface area contributed by atoms with Crippen molar-refractivity contribution in [3.05, 3.63) is 28.0 Å². The van der Waals surface area contributed by atoms with Gasteiger partial charge in [0.1, 0.15) is 16.9 Å². The smallest absolute Gasteiger partial charge is 0.433 e. The molecule has 1 rings (SSSR count). The quantitative estimate of drug-likeness (QED) is 0.559. The third-order valence-corrected chi connectivity index (χ3v) is 3.40. The fourth-order valence-electron chi connectivity index (χ4n) is 1.94. The van der Waals surface area contributed by atoms with Crippen molar-refractivity contribution in [2.24, 2.45) is 5.73 Å². The first-order chi connectivity index (χ1) is 11.1. The van der Waals surface area contributed by atoms with Gasteiger partial charge in [0, 0.05) is 6.42 Å². The number of ether oxygens (including phenoxy) is 1. The zero-order valence-electron chi connectivity index (χ0n) is 13.4. The molecule has 0 aliphatic carbocycles. The fraction of sp³-hybridized carbons (Fsp3) is 0.500. The van der Waals surface area contributed by atoms with E-state index in [1.54, 1.807) is 6.92 Å². The van der Waals surface area contributed by atoms with Crippen LogP contribution in [0.25, 0.3) is 0 Å². The largest absolute Gasteiger partial charge is 0.464 e. The number of halogens is 5. The molecule has 0 aromatic carbocycles. The second kappa shape index (κ2) is 9.79. The number of aryl methyl sites for hydroxylation is 1. The number of rotatable bonds is 6. The van der Waals surface area contributed by atoms with Gasteiger partial charge in [-0.2, -0.15) is 13.2 Å². The van der Waals surface area contributed by atoms with Crippen LogP contribution < -0.4 is 11.1 Å². The lowest BCUT2D eigenvalue weighted by atomic mass is 10.0. The maximum atomic E-state index is 12.7. The van der Waals surface area contributed by atoms with Crippen molar-refractivity contribution in [3.8, 4) is 0 Å². The number of nitrogens with zero attached hydrogens (tertiary/aromatic N) is 1. The summed E-state index contributed by atoms with van der Waals surface area (Å²) in [5.41, 5.74) is 4.46. The first-order valence-corrected chi connectivity index (χ1v) is 7.37. The average molecular weight is 404 g/mol. The molecule has 0 saturated carbocycles. The van der Waals surface area contributed by atoms with Gasteiger partial charge in [-0.3, -0.25) is 4.79 Å². The summed E-state index contributed by atoms with van der Waals surface area (Å²) in [4.78, 5) is 26.7. The van der Waals surface area contributed by atoms with Gasteiger partial charge < -0.3 is 15.8 Å². The van der Waals surface area contributed by atoms with Crippen LogP contribution in [0.3, 0.4) is 0 Å². The molecule has 0 saturated heterocycles. The van der Waals surface area contributed by atoms with Crippen LogP contribution in [0.15, 0.2) is 6.07 Å². The number of pyridine rings is 1. The molecule has 0 aliphatic heterocycles. The number of amides is 1. The lowest BCUT2D eigenvalue weighted by Crippen LogP contribution is -2.45. The molecule has 3 N–H and O–H groups in total. The lowest BCUT2D eigenvalue weighted by Gasteiger charge is -2.19. The van der Waals surface area contributed by atoms with E-state index in [1.165, 1.54) is 6.92 Å². The van der Waals surface area contributed by atoms with Gasteiger partial charge in [-0.1, -0.05) is 11.6 Å². The SMILES string of the molecule is CCOC(=O)C(Cc1c(C)cc(C(F)(F)F)nc1Cl)NC(=O)CN.Cl. The summed E-state index contributed by atoms with van der Waals surface area (Å²) >= 11 is 5.84. The number of aromatic nitrogens is 1. The van der Waals surface area contributed by atoms with Crippen molar-refractivity contribution in [1.29, 1.82) is 0 Å². The topological polar surface area (TPSA) is 94.3 Å². The molecule has 1 amide bonds. The van der Waals surface area contributed by atoms with E-state index < -0.39 is 34.9 Å². The number of hydrogen-bond acceptors (Lipinski definition) is 5. The summed E-state index contributed by atoms with van der Waals surface area (Å²) in [6.45, 7) is 2.71. The maximum absolute atomic E-state index is 12.7. The predicted molar refractivity (Wildman–Crippen MR) is 87.6 cm³/mol. The molecule has 0 spiro atoms. The summed E-state index contributed by atoms with van der Waals surface area (Å²) < 4.78 is 43.0.